The second-order valence-corrected chi connectivity index (χ2v) is 5.69. The molecule has 2 rings (SSSR count). The molecule has 0 bridgehead atoms. The maximum atomic E-state index is 12.2. The van der Waals surface area contributed by atoms with Gasteiger partial charge in [0.05, 0.1) is 19.3 Å². The van der Waals surface area contributed by atoms with Gasteiger partial charge in [-0.25, -0.2) is 0 Å². The van der Waals surface area contributed by atoms with Crippen molar-refractivity contribution in [2.24, 2.45) is 11.7 Å². The molecule has 1 aliphatic carbocycles. The van der Waals surface area contributed by atoms with Crippen LogP contribution in [0, 0.1) is 5.92 Å². The molecule has 6 heteroatoms. The zero-order valence-electron chi connectivity index (χ0n) is 11.3. The number of hydrogen-bond donors (Lipinski definition) is 1. The third-order valence-corrected chi connectivity index (χ3v) is 4.06. The maximum Gasteiger partial charge on any atom is 0.223 e. The molecule has 1 atom stereocenters. The van der Waals surface area contributed by atoms with Crippen LogP contribution in [0.25, 0.3) is 0 Å². The zero-order valence-corrected chi connectivity index (χ0v) is 12.2. The average Bonchev–Trinajstić information content (AvgIpc) is 2.36. The first-order valence-corrected chi connectivity index (χ1v) is 7.31. The smallest absolute Gasteiger partial charge is 0.223 e. The topological polar surface area (TPSA) is 64.8 Å². The Kier molecular flexibility index (Phi) is 5.13. The molecule has 1 unspecified atom stereocenters. The number of thiocarbonyl (C=S) groups is 1. The van der Waals surface area contributed by atoms with Crippen molar-refractivity contribution in [3.8, 4) is 0 Å². The summed E-state index contributed by atoms with van der Waals surface area (Å²) in [6, 6.07) is 0. The lowest BCUT2D eigenvalue weighted by Crippen LogP contribution is -2.50. The molecule has 1 amide bonds. The van der Waals surface area contributed by atoms with Gasteiger partial charge in [0.25, 0.3) is 0 Å². The molecule has 1 aliphatic heterocycles. The van der Waals surface area contributed by atoms with Crippen LogP contribution in [0.15, 0.2) is 0 Å². The number of nitrogens with two attached hydrogens (primary N) is 1. The summed E-state index contributed by atoms with van der Waals surface area (Å²) < 4.78 is 10.9. The Labute approximate surface area is 119 Å². The minimum atomic E-state index is -0.287. The first kappa shape index (κ1) is 14.7. The summed E-state index contributed by atoms with van der Waals surface area (Å²) in [7, 11) is 0. The molecule has 2 aliphatic rings. The van der Waals surface area contributed by atoms with Gasteiger partial charge < -0.3 is 20.1 Å². The van der Waals surface area contributed by atoms with Crippen molar-refractivity contribution < 1.29 is 14.3 Å². The van der Waals surface area contributed by atoms with Gasteiger partial charge in [0.1, 0.15) is 11.1 Å². The Morgan fingerprint density at radius 3 is 2.89 bits per heavy atom. The van der Waals surface area contributed by atoms with Gasteiger partial charge in [0, 0.05) is 19.6 Å². The monoisotopic (exact) mass is 286 g/mol. The van der Waals surface area contributed by atoms with E-state index in [1.165, 1.54) is 0 Å². The molecule has 0 radical (unpaired) electrons. The van der Waals surface area contributed by atoms with E-state index in [-0.39, 0.29) is 12.0 Å². The van der Waals surface area contributed by atoms with E-state index in [9.17, 15) is 4.79 Å². The number of amides is 1. The van der Waals surface area contributed by atoms with Gasteiger partial charge in [0.15, 0.2) is 0 Å². The molecule has 108 valence electrons. The average molecular weight is 286 g/mol. The third kappa shape index (κ3) is 3.87. The van der Waals surface area contributed by atoms with Gasteiger partial charge in [-0.3, -0.25) is 4.79 Å². The van der Waals surface area contributed by atoms with E-state index < -0.39 is 0 Å². The highest BCUT2D eigenvalue weighted by Crippen LogP contribution is 2.33. The molecule has 1 saturated heterocycles. The Hall–Kier alpha value is -0.720. The largest absolute Gasteiger partial charge is 0.391 e. The number of carbonyl (C=O) groups is 1. The lowest BCUT2D eigenvalue weighted by atomic mass is 9.79. The first-order valence-electron chi connectivity index (χ1n) is 6.90. The molecule has 2 N–H and O–H groups in total. The number of ether oxygens (including phenoxy) is 2. The minimum Gasteiger partial charge on any atom is -0.391 e. The van der Waals surface area contributed by atoms with Crippen molar-refractivity contribution in [1.82, 2.24) is 4.90 Å². The van der Waals surface area contributed by atoms with Gasteiger partial charge in [0.2, 0.25) is 5.91 Å². The van der Waals surface area contributed by atoms with Crippen LogP contribution < -0.4 is 5.73 Å². The molecule has 2 fully saturated rings. The maximum absolute atomic E-state index is 12.2. The Balaban J connectivity index is 1.73. The molecular weight excluding hydrogens is 264 g/mol. The van der Waals surface area contributed by atoms with Gasteiger partial charge in [-0.2, -0.15) is 0 Å². The highest BCUT2D eigenvalue weighted by Gasteiger charge is 2.33. The molecule has 0 aromatic carbocycles. The fourth-order valence-electron chi connectivity index (χ4n) is 2.64. The SMILES string of the molecule is CCOC1CC(CC(=O)N2CCOC(C(N)=S)C2)C1. The van der Waals surface area contributed by atoms with Crippen molar-refractivity contribution in [1.29, 1.82) is 0 Å². The van der Waals surface area contributed by atoms with Gasteiger partial charge in [-0.15, -0.1) is 0 Å². The molecule has 0 spiro atoms. The molecule has 0 aromatic heterocycles. The molecule has 1 heterocycles. The summed E-state index contributed by atoms with van der Waals surface area (Å²) in [4.78, 5) is 14.3. The summed E-state index contributed by atoms with van der Waals surface area (Å²) in [5, 5.41) is 0. The second kappa shape index (κ2) is 6.63. The van der Waals surface area contributed by atoms with Crippen LogP contribution in [0.1, 0.15) is 26.2 Å². The van der Waals surface area contributed by atoms with E-state index in [0.29, 0.717) is 43.1 Å². The van der Waals surface area contributed by atoms with Crippen molar-refractivity contribution in [2.45, 2.75) is 38.4 Å². The Bertz CT molecular complexity index is 345. The fourth-order valence-corrected chi connectivity index (χ4v) is 2.78. The van der Waals surface area contributed by atoms with Crippen LogP contribution in [-0.2, 0) is 14.3 Å². The summed E-state index contributed by atoms with van der Waals surface area (Å²) in [5.41, 5.74) is 5.57. The van der Waals surface area contributed by atoms with E-state index >= 15 is 0 Å². The van der Waals surface area contributed by atoms with Crippen LogP contribution in [0.2, 0.25) is 0 Å². The normalized spacial score (nSPS) is 30.8. The molecule has 19 heavy (non-hydrogen) atoms. The quantitative estimate of drug-likeness (QED) is 0.754. The lowest BCUT2D eigenvalue weighted by molar-refractivity contribution is -0.139. The first-order chi connectivity index (χ1) is 9.10. The third-order valence-electron chi connectivity index (χ3n) is 3.79. The van der Waals surface area contributed by atoms with E-state index in [0.717, 1.165) is 19.4 Å². The predicted molar refractivity (Wildman–Crippen MR) is 75.9 cm³/mol. The summed E-state index contributed by atoms with van der Waals surface area (Å²) >= 11 is 4.92. The van der Waals surface area contributed by atoms with Gasteiger partial charge >= 0.3 is 0 Å². The summed E-state index contributed by atoms with van der Waals surface area (Å²) in [5.74, 6) is 0.652. The van der Waals surface area contributed by atoms with Gasteiger partial charge in [-0.1, -0.05) is 12.2 Å². The van der Waals surface area contributed by atoms with Crippen LogP contribution >= 0.6 is 12.2 Å². The van der Waals surface area contributed by atoms with E-state index in [1.807, 2.05) is 11.8 Å². The van der Waals surface area contributed by atoms with Crippen LogP contribution in [0.3, 0.4) is 0 Å². The molecule has 5 nitrogen and oxygen atoms in total. The van der Waals surface area contributed by atoms with Crippen molar-refractivity contribution in [3.05, 3.63) is 0 Å². The van der Waals surface area contributed by atoms with Gasteiger partial charge in [-0.05, 0) is 25.7 Å². The fraction of sp³-hybridized carbons (Fsp3) is 0.846. The number of nitrogens with zero attached hydrogens (tertiary/aromatic N) is 1. The zero-order chi connectivity index (χ0) is 13.8. The van der Waals surface area contributed by atoms with E-state index in [4.69, 9.17) is 27.4 Å². The standard InChI is InChI=1S/C13H22N2O3S/c1-2-17-10-5-9(6-10)7-12(16)15-3-4-18-11(8-15)13(14)19/h9-11H,2-8H2,1H3,(H2,14,19). The number of morpholine rings is 1. The minimum absolute atomic E-state index is 0.185. The number of rotatable bonds is 5. The second-order valence-electron chi connectivity index (χ2n) is 5.22. The van der Waals surface area contributed by atoms with E-state index in [2.05, 4.69) is 0 Å². The highest BCUT2D eigenvalue weighted by atomic mass is 32.1. The number of carbonyl (C=O) groups excluding carboxylic acids is 1. The van der Waals surface area contributed by atoms with Crippen molar-refractivity contribution >= 4 is 23.1 Å². The predicted octanol–water partition coefficient (Wildman–Crippen LogP) is 0.705. The lowest BCUT2D eigenvalue weighted by Gasteiger charge is -2.37. The van der Waals surface area contributed by atoms with Crippen LogP contribution in [0.5, 0.6) is 0 Å². The van der Waals surface area contributed by atoms with Crippen molar-refractivity contribution in [3.63, 3.8) is 0 Å². The molecular formula is C13H22N2O3S. The summed E-state index contributed by atoms with van der Waals surface area (Å²) in [6.07, 6.45) is 2.68. The Morgan fingerprint density at radius 1 is 1.53 bits per heavy atom. The highest BCUT2D eigenvalue weighted by molar-refractivity contribution is 7.80. The van der Waals surface area contributed by atoms with Crippen LogP contribution in [0.4, 0.5) is 0 Å². The van der Waals surface area contributed by atoms with E-state index in [1.54, 1.807) is 0 Å². The number of hydrogen-bond acceptors (Lipinski definition) is 4. The molecule has 1 saturated carbocycles. The molecule has 0 aromatic rings. The Morgan fingerprint density at radius 2 is 2.26 bits per heavy atom. The van der Waals surface area contributed by atoms with Crippen LogP contribution in [-0.4, -0.2) is 54.3 Å². The van der Waals surface area contributed by atoms with Crippen molar-refractivity contribution in [2.75, 3.05) is 26.3 Å². The summed E-state index contributed by atoms with van der Waals surface area (Å²) in [6.45, 7) is 4.40.